The molecule has 0 spiro atoms. The Balaban J connectivity index is 1.66. The molecule has 1 atom stereocenters. The molecule has 23 heavy (non-hydrogen) atoms. The molecule has 1 unspecified atom stereocenters. The van der Waals surface area contributed by atoms with E-state index in [0.717, 1.165) is 24.0 Å². The molecule has 6 heteroatoms. The molecule has 122 valence electrons. The van der Waals surface area contributed by atoms with Gasteiger partial charge in [0.15, 0.2) is 11.6 Å². The van der Waals surface area contributed by atoms with Gasteiger partial charge in [-0.3, -0.25) is 0 Å². The van der Waals surface area contributed by atoms with Crippen LogP contribution in [-0.2, 0) is 13.0 Å². The van der Waals surface area contributed by atoms with Crippen molar-refractivity contribution in [3.05, 3.63) is 58.9 Å². The van der Waals surface area contributed by atoms with E-state index in [-0.39, 0.29) is 6.04 Å². The lowest BCUT2D eigenvalue weighted by atomic mass is 10.1. The van der Waals surface area contributed by atoms with E-state index in [1.807, 2.05) is 6.07 Å². The number of ether oxygens (including phenoxy) is 1. The van der Waals surface area contributed by atoms with Crippen molar-refractivity contribution in [3.8, 4) is 11.5 Å². The number of fused-ring (bicyclic) bond motifs is 1. The Morgan fingerprint density at radius 3 is 2.83 bits per heavy atom. The summed E-state index contributed by atoms with van der Waals surface area (Å²) in [6, 6.07) is 9.43. The summed E-state index contributed by atoms with van der Waals surface area (Å²) in [6.45, 7) is -2.65. The summed E-state index contributed by atoms with van der Waals surface area (Å²) in [4.78, 5) is 0. The third-order valence-electron chi connectivity index (χ3n) is 4.01. The van der Waals surface area contributed by atoms with Gasteiger partial charge in [-0.15, -0.1) is 0 Å². The first-order valence-corrected chi connectivity index (χ1v) is 7.32. The molecule has 2 aromatic rings. The summed E-state index contributed by atoms with van der Waals surface area (Å²) in [5.41, 5.74) is 2.62. The molecule has 3 rings (SSSR count). The predicted octanol–water partition coefficient (Wildman–Crippen LogP) is 3.91. The van der Waals surface area contributed by atoms with E-state index in [9.17, 15) is 18.3 Å². The van der Waals surface area contributed by atoms with Gasteiger partial charge < -0.3 is 15.2 Å². The smallest absolute Gasteiger partial charge is 0.387 e. The van der Waals surface area contributed by atoms with Crippen LogP contribution in [0.2, 0.25) is 0 Å². The largest absolute Gasteiger partial charge is 0.508 e. The zero-order valence-electron chi connectivity index (χ0n) is 12.2. The van der Waals surface area contributed by atoms with Crippen LogP contribution >= 0.6 is 0 Å². The Kier molecular flexibility index (Phi) is 4.43. The van der Waals surface area contributed by atoms with Gasteiger partial charge in [0.1, 0.15) is 5.75 Å². The van der Waals surface area contributed by atoms with Gasteiger partial charge in [0.05, 0.1) is 0 Å². The number of phenolic OH excluding ortho intramolecular Hbond substituents is 1. The second kappa shape index (κ2) is 6.50. The highest BCUT2D eigenvalue weighted by Gasteiger charge is 2.24. The van der Waals surface area contributed by atoms with Crippen LogP contribution < -0.4 is 10.1 Å². The van der Waals surface area contributed by atoms with Gasteiger partial charge in [0.25, 0.3) is 0 Å². The zero-order chi connectivity index (χ0) is 16.4. The van der Waals surface area contributed by atoms with Crippen molar-refractivity contribution in [3.63, 3.8) is 0 Å². The maximum Gasteiger partial charge on any atom is 0.387 e. The van der Waals surface area contributed by atoms with Crippen LogP contribution in [0.1, 0.15) is 29.2 Å². The average Bonchev–Trinajstić information content (AvgIpc) is 2.92. The molecule has 0 heterocycles. The van der Waals surface area contributed by atoms with Gasteiger partial charge in [-0.2, -0.15) is 8.78 Å². The summed E-state index contributed by atoms with van der Waals surface area (Å²) in [5.74, 6) is -0.972. The maximum atomic E-state index is 13.7. The number of nitrogens with one attached hydrogen (secondary N) is 1. The quantitative estimate of drug-likeness (QED) is 0.876. The zero-order valence-corrected chi connectivity index (χ0v) is 12.2. The summed E-state index contributed by atoms with van der Waals surface area (Å²) in [5, 5.41) is 13.1. The number of benzene rings is 2. The normalized spacial score (nSPS) is 16.6. The Labute approximate surface area is 131 Å². The topological polar surface area (TPSA) is 41.5 Å². The molecular weight excluding hydrogens is 307 g/mol. The molecule has 0 amide bonds. The minimum Gasteiger partial charge on any atom is -0.508 e. The molecule has 0 aromatic heterocycles. The van der Waals surface area contributed by atoms with Gasteiger partial charge >= 0.3 is 6.61 Å². The summed E-state index contributed by atoms with van der Waals surface area (Å²) in [6.07, 6.45) is 1.64. The number of hydrogen-bond acceptors (Lipinski definition) is 3. The molecular formula is C17H16F3NO2. The van der Waals surface area contributed by atoms with Crippen LogP contribution in [0, 0.1) is 5.82 Å². The number of rotatable bonds is 5. The van der Waals surface area contributed by atoms with Gasteiger partial charge in [-0.25, -0.2) is 4.39 Å². The fraction of sp³-hybridized carbons (Fsp3) is 0.294. The monoisotopic (exact) mass is 323 g/mol. The molecule has 1 aliphatic rings. The maximum absolute atomic E-state index is 13.7. The molecule has 0 saturated heterocycles. The second-order valence-electron chi connectivity index (χ2n) is 5.46. The highest BCUT2D eigenvalue weighted by molar-refractivity contribution is 5.44. The highest BCUT2D eigenvalue weighted by atomic mass is 19.3. The van der Waals surface area contributed by atoms with Crippen molar-refractivity contribution in [2.75, 3.05) is 0 Å². The van der Waals surface area contributed by atoms with Crippen molar-refractivity contribution in [2.24, 2.45) is 0 Å². The molecule has 2 aromatic carbocycles. The minimum absolute atomic E-state index is 0.0807. The van der Waals surface area contributed by atoms with E-state index in [1.165, 1.54) is 12.1 Å². The van der Waals surface area contributed by atoms with Crippen molar-refractivity contribution in [1.29, 1.82) is 0 Å². The van der Waals surface area contributed by atoms with Gasteiger partial charge in [0.2, 0.25) is 0 Å². The third-order valence-corrected chi connectivity index (χ3v) is 4.01. The standard InChI is InChI=1S/C17H16F3NO2/c18-13-8-10(4-7-16(13)23-17(19)20)9-21-14-6-5-12-11(14)2-1-3-15(12)22/h1-4,7-8,14,17,21-22H,5-6,9H2. The van der Waals surface area contributed by atoms with Crippen LogP contribution in [0.3, 0.4) is 0 Å². The van der Waals surface area contributed by atoms with Crippen LogP contribution in [0.15, 0.2) is 36.4 Å². The Bertz CT molecular complexity index is 706. The van der Waals surface area contributed by atoms with Crippen LogP contribution in [0.5, 0.6) is 11.5 Å². The lowest BCUT2D eigenvalue weighted by molar-refractivity contribution is -0.0522. The molecule has 0 saturated carbocycles. The summed E-state index contributed by atoms with van der Waals surface area (Å²) >= 11 is 0. The first-order valence-electron chi connectivity index (χ1n) is 7.32. The van der Waals surface area contributed by atoms with Gasteiger partial charge in [0, 0.05) is 12.6 Å². The molecule has 0 aliphatic heterocycles. The first-order chi connectivity index (χ1) is 11.0. The third kappa shape index (κ3) is 3.42. The Hall–Kier alpha value is -2.21. The van der Waals surface area contributed by atoms with E-state index in [1.54, 1.807) is 18.2 Å². The number of aromatic hydroxyl groups is 1. The highest BCUT2D eigenvalue weighted by Crippen LogP contribution is 2.36. The van der Waals surface area contributed by atoms with E-state index < -0.39 is 18.2 Å². The number of halogens is 3. The van der Waals surface area contributed by atoms with Crippen LogP contribution in [0.4, 0.5) is 13.2 Å². The number of phenols is 1. The molecule has 1 aliphatic carbocycles. The summed E-state index contributed by atoms with van der Waals surface area (Å²) < 4.78 is 42.0. The SMILES string of the molecule is Oc1cccc2c1CCC2NCc1ccc(OC(F)F)c(F)c1. The lowest BCUT2D eigenvalue weighted by Crippen LogP contribution is -2.18. The van der Waals surface area contributed by atoms with E-state index in [0.29, 0.717) is 17.9 Å². The van der Waals surface area contributed by atoms with Crippen molar-refractivity contribution < 1.29 is 23.0 Å². The van der Waals surface area contributed by atoms with E-state index in [2.05, 4.69) is 10.1 Å². The first kappa shape index (κ1) is 15.7. The molecule has 0 radical (unpaired) electrons. The fourth-order valence-electron chi connectivity index (χ4n) is 2.93. The van der Waals surface area contributed by atoms with Crippen molar-refractivity contribution >= 4 is 0 Å². The molecule has 0 fully saturated rings. The lowest BCUT2D eigenvalue weighted by Gasteiger charge is -2.15. The Morgan fingerprint density at radius 2 is 2.09 bits per heavy atom. The molecule has 2 N–H and O–H groups in total. The molecule has 0 bridgehead atoms. The average molecular weight is 323 g/mol. The van der Waals surface area contributed by atoms with Gasteiger partial charge in [-0.1, -0.05) is 18.2 Å². The second-order valence-corrected chi connectivity index (χ2v) is 5.46. The van der Waals surface area contributed by atoms with E-state index in [4.69, 9.17) is 0 Å². The van der Waals surface area contributed by atoms with E-state index >= 15 is 0 Å². The minimum atomic E-state index is -3.05. The summed E-state index contributed by atoms with van der Waals surface area (Å²) in [7, 11) is 0. The number of alkyl halides is 2. The van der Waals surface area contributed by atoms with Crippen LogP contribution in [0.25, 0.3) is 0 Å². The van der Waals surface area contributed by atoms with Crippen molar-refractivity contribution in [1.82, 2.24) is 5.32 Å². The predicted molar refractivity (Wildman–Crippen MR) is 79.0 cm³/mol. The van der Waals surface area contributed by atoms with Crippen LogP contribution in [-0.4, -0.2) is 11.7 Å². The number of hydrogen-bond donors (Lipinski definition) is 2. The fourth-order valence-corrected chi connectivity index (χ4v) is 2.93. The van der Waals surface area contributed by atoms with Crippen molar-refractivity contribution in [2.45, 2.75) is 32.0 Å². The Morgan fingerprint density at radius 1 is 1.26 bits per heavy atom. The van der Waals surface area contributed by atoms with Gasteiger partial charge in [-0.05, 0) is 47.7 Å². The molecule has 3 nitrogen and oxygen atoms in total.